The van der Waals surface area contributed by atoms with Crippen LogP contribution in [0.4, 0.5) is 0 Å². The van der Waals surface area contributed by atoms with Gasteiger partial charge in [-0.15, -0.1) is 0 Å². The molecular weight excluding hydrogens is 140 g/mol. The van der Waals surface area contributed by atoms with Crippen molar-refractivity contribution in [1.82, 2.24) is 10.6 Å². The lowest BCUT2D eigenvalue weighted by Gasteiger charge is -2.08. The number of hydrogen-bond acceptors (Lipinski definition) is 1. The second-order valence-corrected chi connectivity index (χ2v) is 2.85. The van der Waals surface area contributed by atoms with E-state index in [0.717, 1.165) is 19.3 Å². The fraction of sp³-hybridized carbons (Fsp3) is 0.875. The Kier molecular flexibility index (Phi) is 5.84. The predicted octanol–water partition coefficient (Wildman–Crippen LogP) is 0.918. The Bertz CT molecular complexity index is 113. The summed E-state index contributed by atoms with van der Waals surface area (Å²) in [4.78, 5) is 12.6. The van der Waals surface area contributed by atoms with Gasteiger partial charge in [0.2, 0.25) is 5.91 Å². The van der Waals surface area contributed by atoms with Crippen molar-refractivity contribution < 1.29 is 4.79 Å². The molecule has 0 rings (SSSR count). The molecule has 0 aromatic carbocycles. The molecule has 0 unspecified atom stereocenters. The van der Waals surface area contributed by atoms with Crippen LogP contribution in [0.2, 0.25) is 0 Å². The van der Waals surface area contributed by atoms with Crippen LogP contribution < -0.4 is 5.73 Å². The third-order valence-corrected chi connectivity index (χ3v) is 1.57. The Morgan fingerprint density at radius 2 is 1.91 bits per heavy atom. The van der Waals surface area contributed by atoms with E-state index in [4.69, 9.17) is 5.73 Å². The van der Waals surface area contributed by atoms with Crippen molar-refractivity contribution in [2.24, 2.45) is 0 Å². The summed E-state index contributed by atoms with van der Waals surface area (Å²) >= 11 is 0. The summed E-state index contributed by atoms with van der Waals surface area (Å²) in [6.45, 7) is 0.482. The zero-order chi connectivity index (χ0) is 8.69. The van der Waals surface area contributed by atoms with Gasteiger partial charge in [0.25, 0.3) is 0 Å². The highest BCUT2D eigenvalue weighted by Crippen LogP contribution is 2.00. The lowest BCUT2D eigenvalue weighted by molar-refractivity contribution is -0.128. The first-order chi connectivity index (χ1) is 5.18. The summed E-state index contributed by atoms with van der Waals surface area (Å²) < 4.78 is 0. The van der Waals surface area contributed by atoms with Crippen LogP contribution in [0.5, 0.6) is 0 Å². The third kappa shape index (κ3) is 5.85. The van der Waals surface area contributed by atoms with Gasteiger partial charge in [0.05, 0.1) is 0 Å². The minimum absolute atomic E-state index is 0.190. The van der Waals surface area contributed by atoms with Gasteiger partial charge in [-0.05, 0) is 12.8 Å². The van der Waals surface area contributed by atoms with Crippen molar-refractivity contribution in [3.8, 4) is 0 Å². The molecule has 0 bridgehead atoms. The molecule has 0 aromatic rings. The van der Waals surface area contributed by atoms with Crippen molar-refractivity contribution in [3.05, 3.63) is 0 Å². The molecule has 1 amide bonds. The van der Waals surface area contributed by atoms with Crippen LogP contribution in [0, 0.1) is 0 Å². The van der Waals surface area contributed by atoms with Crippen LogP contribution in [-0.2, 0) is 4.79 Å². The highest BCUT2D eigenvalue weighted by atomic mass is 16.2. The van der Waals surface area contributed by atoms with E-state index in [0.29, 0.717) is 13.0 Å². The first-order valence-electron chi connectivity index (χ1n) is 4.03. The fourth-order valence-electron chi connectivity index (χ4n) is 0.802. The standard InChI is InChI=1S/C8H17N2O/c1-10(2)8(11)6-4-3-5-7-9/h9H,3-7H2,1-2H3. The molecule has 3 heteroatoms. The Hall–Kier alpha value is -0.570. The molecule has 3 nitrogen and oxygen atoms in total. The van der Waals surface area contributed by atoms with E-state index >= 15 is 0 Å². The number of hydrogen-bond donors (Lipinski definition) is 0. The van der Waals surface area contributed by atoms with Gasteiger partial charge in [-0.1, -0.05) is 6.42 Å². The minimum atomic E-state index is 0.190. The van der Waals surface area contributed by atoms with Crippen molar-refractivity contribution in [1.29, 1.82) is 0 Å². The molecule has 0 heterocycles. The first-order valence-corrected chi connectivity index (χ1v) is 4.03. The number of nitrogens with zero attached hydrogens (tertiary/aromatic N) is 1. The largest absolute Gasteiger partial charge is 0.349 e. The van der Waals surface area contributed by atoms with Crippen LogP contribution in [0.15, 0.2) is 0 Å². The second-order valence-electron chi connectivity index (χ2n) is 2.85. The Balaban J connectivity index is 3.18. The van der Waals surface area contributed by atoms with E-state index in [1.807, 2.05) is 0 Å². The number of unbranched alkanes of at least 4 members (excludes halogenated alkanes) is 2. The maximum absolute atomic E-state index is 11.0. The van der Waals surface area contributed by atoms with E-state index < -0.39 is 0 Å². The number of amides is 1. The van der Waals surface area contributed by atoms with Crippen LogP contribution in [0.25, 0.3) is 0 Å². The molecule has 65 valence electrons. The maximum Gasteiger partial charge on any atom is 0.222 e. The molecule has 0 saturated carbocycles. The van der Waals surface area contributed by atoms with Gasteiger partial charge in [0, 0.05) is 27.1 Å². The number of nitrogens with one attached hydrogen (secondary N) is 1. The van der Waals surface area contributed by atoms with Gasteiger partial charge in [-0.2, -0.15) is 0 Å². The fourth-order valence-corrected chi connectivity index (χ4v) is 0.802. The maximum atomic E-state index is 11.0. The molecule has 0 fully saturated rings. The molecule has 0 spiro atoms. The van der Waals surface area contributed by atoms with Crippen molar-refractivity contribution in [3.63, 3.8) is 0 Å². The third-order valence-electron chi connectivity index (χ3n) is 1.57. The van der Waals surface area contributed by atoms with Gasteiger partial charge in [-0.25, -0.2) is 0 Å². The molecule has 11 heavy (non-hydrogen) atoms. The van der Waals surface area contributed by atoms with Gasteiger partial charge >= 0.3 is 0 Å². The Labute approximate surface area is 68.6 Å². The summed E-state index contributed by atoms with van der Waals surface area (Å²) in [5, 5.41) is 0. The highest BCUT2D eigenvalue weighted by Gasteiger charge is 2.01. The quantitative estimate of drug-likeness (QED) is 0.547. The lowest BCUT2D eigenvalue weighted by Crippen LogP contribution is -2.21. The van der Waals surface area contributed by atoms with Crippen LogP contribution >= 0.6 is 0 Å². The van der Waals surface area contributed by atoms with Crippen molar-refractivity contribution in [2.45, 2.75) is 25.7 Å². The topological polar surface area (TPSA) is 44.1 Å². The second kappa shape index (κ2) is 6.16. The Morgan fingerprint density at radius 1 is 1.27 bits per heavy atom. The van der Waals surface area contributed by atoms with E-state index in [2.05, 4.69) is 0 Å². The van der Waals surface area contributed by atoms with E-state index in [9.17, 15) is 4.79 Å². The zero-order valence-electron chi connectivity index (χ0n) is 7.39. The average Bonchev–Trinajstić information content (AvgIpc) is 1.97. The summed E-state index contributed by atoms with van der Waals surface area (Å²) in [7, 11) is 3.54. The molecular formula is C8H17N2O. The van der Waals surface area contributed by atoms with Crippen LogP contribution in [0.3, 0.4) is 0 Å². The monoisotopic (exact) mass is 157 g/mol. The van der Waals surface area contributed by atoms with Crippen LogP contribution in [-0.4, -0.2) is 31.4 Å². The molecule has 0 saturated heterocycles. The normalized spacial score (nSPS) is 9.73. The highest BCUT2D eigenvalue weighted by molar-refractivity contribution is 5.75. The number of carbonyl (C=O) groups is 1. The number of rotatable bonds is 5. The van der Waals surface area contributed by atoms with Crippen LogP contribution in [0.1, 0.15) is 25.7 Å². The molecule has 0 atom stereocenters. The van der Waals surface area contributed by atoms with Gasteiger partial charge in [0.1, 0.15) is 0 Å². The summed E-state index contributed by atoms with van der Waals surface area (Å²) in [6.07, 6.45) is 3.48. The smallest absolute Gasteiger partial charge is 0.222 e. The minimum Gasteiger partial charge on any atom is -0.349 e. The summed E-state index contributed by atoms with van der Waals surface area (Å²) in [6, 6.07) is 0. The Morgan fingerprint density at radius 3 is 2.36 bits per heavy atom. The molecule has 0 aromatic heterocycles. The van der Waals surface area contributed by atoms with E-state index in [1.165, 1.54) is 0 Å². The van der Waals surface area contributed by atoms with E-state index in [1.54, 1.807) is 19.0 Å². The summed E-state index contributed by atoms with van der Waals surface area (Å²) in [5.74, 6) is 0.190. The average molecular weight is 157 g/mol. The molecule has 0 aliphatic heterocycles. The first kappa shape index (κ1) is 10.4. The van der Waals surface area contributed by atoms with Crippen molar-refractivity contribution in [2.75, 3.05) is 20.6 Å². The SMILES string of the molecule is CN(C)C(=O)CCCCC[NH]. The zero-order valence-corrected chi connectivity index (χ0v) is 7.39. The van der Waals surface area contributed by atoms with Gasteiger partial charge in [-0.3, -0.25) is 10.5 Å². The van der Waals surface area contributed by atoms with Crippen molar-refractivity contribution >= 4 is 5.91 Å². The summed E-state index contributed by atoms with van der Waals surface area (Å²) in [5.41, 5.74) is 6.88. The molecule has 0 aliphatic carbocycles. The molecule has 1 N–H and O–H groups in total. The lowest BCUT2D eigenvalue weighted by atomic mass is 10.2. The molecule has 0 aliphatic rings. The van der Waals surface area contributed by atoms with Gasteiger partial charge in [0.15, 0.2) is 0 Å². The number of carbonyl (C=O) groups excluding carboxylic acids is 1. The molecule has 1 radical (unpaired) electrons. The predicted molar refractivity (Wildman–Crippen MR) is 45.1 cm³/mol. The van der Waals surface area contributed by atoms with Gasteiger partial charge < -0.3 is 4.90 Å². The van der Waals surface area contributed by atoms with E-state index in [-0.39, 0.29) is 5.91 Å².